The first kappa shape index (κ1) is 20.6. The first-order chi connectivity index (χ1) is 14.7. The number of pyridine rings is 1. The number of methoxy groups -OCH3 is 1. The average molecular weight is 425 g/mol. The predicted molar refractivity (Wildman–Crippen MR) is 120 cm³/mol. The normalized spacial score (nSPS) is 15.2. The lowest BCUT2D eigenvalue weighted by molar-refractivity contribution is 0.219. The van der Waals surface area contributed by atoms with Gasteiger partial charge in [-0.1, -0.05) is 6.07 Å². The lowest BCUT2D eigenvalue weighted by Gasteiger charge is -2.23. The second kappa shape index (κ2) is 9.86. The van der Waals surface area contributed by atoms with Gasteiger partial charge in [-0.05, 0) is 55.0 Å². The molecule has 1 fully saturated rings. The molecule has 0 spiro atoms. The van der Waals surface area contributed by atoms with Crippen LogP contribution in [0.2, 0.25) is 0 Å². The van der Waals surface area contributed by atoms with Gasteiger partial charge in [0.05, 0.1) is 13.8 Å². The van der Waals surface area contributed by atoms with Crippen LogP contribution in [0.25, 0.3) is 0 Å². The van der Waals surface area contributed by atoms with E-state index in [2.05, 4.69) is 32.0 Å². The summed E-state index contributed by atoms with van der Waals surface area (Å²) < 4.78 is 9.99. The number of benzene rings is 1. The van der Waals surface area contributed by atoms with E-state index in [-0.39, 0.29) is 0 Å². The molecule has 0 aliphatic carbocycles. The fourth-order valence-electron chi connectivity index (χ4n) is 3.76. The third kappa shape index (κ3) is 5.06. The van der Waals surface area contributed by atoms with Crippen molar-refractivity contribution in [3.8, 4) is 5.75 Å². The van der Waals surface area contributed by atoms with Gasteiger partial charge >= 0.3 is 0 Å². The molecule has 1 saturated heterocycles. The first-order valence-corrected chi connectivity index (χ1v) is 10.8. The third-order valence-corrected chi connectivity index (χ3v) is 5.94. The van der Waals surface area contributed by atoms with Crippen LogP contribution in [0.1, 0.15) is 12.1 Å². The second-order valence-electron chi connectivity index (χ2n) is 7.48. The molecule has 0 atom stereocenters. The molecule has 0 N–H and O–H groups in total. The summed E-state index contributed by atoms with van der Waals surface area (Å²) in [5.41, 5.74) is 2.31. The molecule has 8 heteroatoms. The Balaban J connectivity index is 1.33. The average Bonchev–Trinajstić information content (AvgIpc) is 2.98. The Morgan fingerprint density at radius 1 is 1.03 bits per heavy atom. The number of aryl methyl sites for hydroxylation is 2. The van der Waals surface area contributed by atoms with Gasteiger partial charge in [-0.3, -0.25) is 9.88 Å². The maximum Gasteiger partial charge on any atom is 0.198 e. The zero-order chi connectivity index (χ0) is 20.8. The van der Waals surface area contributed by atoms with Crippen LogP contribution in [0.4, 0.5) is 5.69 Å². The van der Waals surface area contributed by atoms with E-state index in [0.717, 1.165) is 68.4 Å². The molecule has 4 rings (SSSR count). The molecule has 2 aromatic heterocycles. The van der Waals surface area contributed by atoms with Crippen molar-refractivity contribution < 1.29 is 4.74 Å². The predicted octanol–water partition coefficient (Wildman–Crippen LogP) is 3.23. The highest BCUT2D eigenvalue weighted by Crippen LogP contribution is 2.20. The number of ether oxygens (including phenoxy) is 1. The van der Waals surface area contributed by atoms with E-state index >= 15 is 0 Å². The Hall–Kier alpha value is -2.71. The van der Waals surface area contributed by atoms with Gasteiger partial charge < -0.3 is 14.2 Å². The lowest BCUT2D eigenvalue weighted by atomic mass is 10.2. The van der Waals surface area contributed by atoms with Gasteiger partial charge in [0.15, 0.2) is 4.77 Å². The largest absolute Gasteiger partial charge is 0.497 e. The van der Waals surface area contributed by atoms with Gasteiger partial charge in [-0.2, -0.15) is 5.10 Å². The molecule has 7 nitrogen and oxygen atoms in total. The number of hydrogen-bond donors (Lipinski definition) is 0. The van der Waals surface area contributed by atoms with Crippen molar-refractivity contribution in [2.75, 3.05) is 38.2 Å². The Labute approximate surface area is 182 Å². The van der Waals surface area contributed by atoms with Gasteiger partial charge in [0, 0.05) is 56.7 Å². The highest BCUT2D eigenvalue weighted by Gasteiger charge is 2.16. The molecule has 1 aromatic carbocycles. The monoisotopic (exact) mass is 424 g/mol. The zero-order valence-corrected chi connectivity index (χ0v) is 18.2. The van der Waals surface area contributed by atoms with Crippen LogP contribution in [-0.2, 0) is 19.6 Å². The molecule has 0 radical (unpaired) electrons. The van der Waals surface area contributed by atoms with Crippen molar-refractivity contribution >= 4 is 17.9 Å². The molecule has 1 aliphatic heterocycles. The van der Waals surface area contributed by atoms with Crippen molar-refractivity contribution in [3.63, 3.8) is 0 Å². The van der Waals surface area contributed by atoms with Crippen molar-refractivity contribution in [1.82, 2.24) is 24.2 Å². The molecular formula is C22H28N6OS. The summed E-state index contributed by atoms with van der Waals surface area (Å²) in [6.07, 6.45) is 5.63. The van der Waals surface area contributed by atoms with Crippen LogP contribution in [0.5, 0.6) is 5.75 Å². The SMILES string of the molecule is COc1ccc(N2CCCN(Cn3ncn(CCc4ccccn4)c3=S)CC2)cc1. The standard InChI is InChI=1S/C22H28N6OS/c1-29-21-8-6-20(7-9-21)26-13-4-12-25(15-16-26)18-28-22(30)27(17-24-28)14-10-19-5-2-3-11-23-19/h2-3,5-9,11,17H,4,10,12-16,18H2,1H3. The zero-order valence-electron chi connectivity index (χ0n) is 17.4. The molecule has 3 aromatic rings. The molecule has 3 heterocycles. The molecule has 0 amide bonds. The van der Waals surface area contributed by atoms with Crippen LogP contribution >= 0.6 is 12.2 Å². The fourth-order valence-corrected chi connectivity index (χ4v) is 4.00. The number of aromatic nitrogens is 4. The first-order valence-electron chi connectivity index (χ1n) is 10.4. The molecule has 158 valence electrons. The van der Waals surface area contributed by atoms with E-state index in [1.807, 2.05) is 52.1 Å². The van der Waals surface area contributed by atoms with Crippen LogP contribution in [0.15, 0.2) is 55.0 Å². The maximum absolute atomic E-state index is 5.66. The minimum atomic E-state index is 0.728. The van der Waals surface area contributed by atoms with Crippen molar-refractivity contribution in [2.24, 2.45) is 0 Å². The topological polar surface area (TPSA) is 51.4 Å². The van der Waals surface area contributed by atoms with Crippen LogP contribution in [-0.4, -0.2) is 57.5 Å². The second-order valence-corrected chi connectivity index (χ2v) is 7.84. The molecule has 30 heavy (non-hydrogen) atoms. The number of hydrogen-bond acceptors (Lipinski definition) is 6. The van der Waals surface area contributed by atoms with E-state index in [0.29, 0.717) is 0 Å². The molecule has 0 bridgehead atoms. The van der Waals surface area contributed by atoms with Gasteiger partial charge in [-0.25, -0.2) is 4.68 Å². The van der Waals surface area contributed by atoms with E-state index in [1.54, 1.807) is 7.11 Å². The Morgan fingerprint density at radius 2 is 1.90 bits per heavy atom. The fraction of sp³-hybridized carbons (Fsp3) is 0.409. The number of anilines is 1. The number of rotatable bonds is 7. The van der Waals surface area contributed by atoms with Gasteiger partial charge in [0.1, 0.15) is 12.1 Å². The highest BCUT2D eigenvalue weighted by molar-refractivity contribution is 7.71. The summed E-state index contributed by atoms with van der Waals surface area (Å²) in [4.78, 5) is 9.24. The van der Waals surface area contributed by atoms with E-state index in [9.17, 15) is 0 Å². The summed E-state index contributed by atoms with van der Waals surface area (Å²) in [6, 6.07) is 14.3. The van der Waals surface area contributed by atoms with Crippen molar-refractivity contribution in [3.05, 3.63) is 65.5 Å². The summed E-state index contributed by atoms with van der Waals surface area (Å²) >= 11 is 5.66. The van der Waals surface area contributed by atoms with Crippen LogP contribution in [0, 0.1) is 4.77 Å². The smallest absolute Gasteiger partial charge is 0.198 e. The van der Waals surface area contributed by atoms with Crippen LogP contribution < -0.4 is 9.64 Å². The van der Waals surface area contributed by atoms with E-state index in [1.165, 1.54) is 5.69 Å². The van der Waals surface area contributed by atoms with Gasteiger partial charge in [0.25, 0.3) is 0 Å². The highest BCUT2D eigenvalue weighted by atomic mass is 32.1. The third-order valence-electron chi connectivity index (χ3n) is 5.49. The Bertz CT molecular complexity index is 985. The Morgan fingerprint density at radius 3 is 2.67 bits per heavy atom. The van der Waals surface area contributed by atoms with Crippen molar-refractivity contribution in [2.45, 2.75) is 26.1 Å². The minimum Gasteiger partial charge on any atom is -0.497 e. The number of nitrogens with zero attached hydrogens (tertiary/aromatic N) is 6. The maximum atomic E-state index is 5.66. The van der Waals surface area contributed by atoms with Crippen molar-refractivity contribution in [1.29, 1.82) is 0 Å². The summed E-state index contributed by atoms with van der Waals surface area (Å²) in [5.74, 6) is 0.892. The van der Waals surface area contributed by atoms with Gasteiger partial charge in [-0.15, -0.1) is 0 Å². The minimum absolute atomic E-state index is 0.728. The Kier molecular flexibility index (Phi) is 6.76. The quantitative estimate of drug-likeness (QED) is 0.543. The summed E-state index contributed by atoms with van der Waals surface area (Å²) in [7, 11) is 1.70. The molecule has 0 unspecified atom stereocenters. The molecule has 0 saturated carbocycles. The van der Waals surface area contributed by atoms with E-state index in [4.69, 9.17) is 17.0 Å². The lowest BCUT2D eigenvalue weighted by Crippen LogP contribution is -2.32. The van der Waals surface area contributed by atoms with Gasteiger partial charge in [0.2, 0.25) is 0 Å². The summed E-state index contributed by atoms with van der Waals surface area (Å²) in [5, 5.41) is 4.53. The van der Waals surface area contributed by atoms with Crippen LogP contribution in [0.3, 0.4) is 0 Å². The molecule has 1 aliphatic rings. The molecular weight excluding hydrogens is 396 g/mol. The summed E-state index contributed by atoms with van der Waals surface area (Å²) in [6.45, 7) is 5.57. The van der Waals surface area contributed by atoms with E-state index < -0.39 is 0 Å².